The Kier molecular flexibility index (Phi) is 12.6. The number of primary amides is 1. The maximum atomic E-state index is 9.37. The van der Waals surface area contributed by atoms with Gasteiger partial charge in [0.05, 0.1) is 7.11 Å². The molecule has 0 aromatic heterocycles. The SMILES string of the molecule is COC(N)=O.C[SiH3]. The van der Waals surface area contributed by atoms with Crippen molar-refractivity contribution in [3.63, 3.8) is 0 Å². The molecule has 0 heterocycles. The van der Waals surface area contributed by atoms with Gasteiger partial charge < -0.3 is 10.5 Å². The molecule has 0 radical (unpaired) electrons. The van der Waals surface area contributed by atoms with E-state index in [1.54, 1.807) is 0 Å². The first kappa shape index (κ1) is 9.70. The summed E-state index contributed by atoms with van der Waals surface area (Å²) in [6.45, 7) is 2.14. The molecule has 0 unspecified atom stereocenters. The van der Waals surface area contributed by atoms with Gasteiger partial charge in [-0.15, -0.1) is 0 Å². The number of ether oxygens (including phenoxy) is 1. The monoisotopic (exact) mass is 121 g/mol. The average Bonchev–Trinajstić information content (AvgIpc) is 1.73. The molecular weight excluding hydrogens is 110 g/mol. The predicted octanol–water partition coefficient (Wildman–Crippen LogP) is -0.889. The summed E-state index contributed by atoms with van der Waals surface area (Å²) in [6, 6.07) is 0. The molecule has 0 fully saturated rings. The highest BCUT2D eigenvalue weighted by atomic mass is 28.1. The summed E-state index contributed by atoms with van der Waals surface area (Å²) >= 11 is 0. The highest BCUT2D eigenvalue weighted by Gasteiger charge is 1.76. The molecule has 0 rings (SSSR count). The lowest BCUT2D eigenvalue weighted by Gasteiger charge is -1.81. The first-order valence-corrected chi connectivity index (χ1v) is 4.11. The quantitative estimate of drug-likeness (QED) is 0.423. The number of amides is 1. The van der Waals surface area contributed by atoms with Crippen LogP contribution in [0, 0.1) is 0 Å². The summed E-state index contributed by atoms with van der Waals surface area (Å²) in [4.78, 5) is 9.37. The van der Waals surface area contributed by atoms with Crippen molar-refractivity contribution in [3.8, 4) is 0 Å². The van der Waals surface area contributed by atoms with Crippen LogP contribution in [0.5, 0.6) is 0 Å². The Hall–Kier alpha value is -0.513. The van der Waals surface area contributed by atoms with E-state index in [1.807, 2.05) is 0 Å². The van der Waals surface area contributed by atoms with Crippen molar-refractivity contribution in [1.29, 1.82) is 0 Å². The summed E-state index contributed by atoms with van der Waals surface area (Å²) in [7, 11) is 2.53. The number of carbonyl (C=O) groups is 1. The van der Waals surface area contributed by atoms with Gasteiger partial charge in [-0.3, -0.25) is 0 Å². The van der Waals surface area contributed by atoms with E-state index in [0.717, 1.165) is 0 Å². The maximum absolute atomic E-state index is 9.37. The van der Waals surface area contributed by atoms with Crippen LogP contribution in [-0.4, -0.2) is 23.4 Å². The molecule has 1 amide bonds. The Morgan fingerprint density at radius 3 is 1.86 bits per heavy atom. The van der Waals surface area contributed by atoms with Crippen molar-refractivity contribution in [2.45, 2.75) is 6.55 Å². The van der Waals surface area contributed by atoms with E-state index in [0.29, 0.717) is 0 Å². The molecule has 0 saturated carbocycles. The smallest absolute Gasteiger partial charge is 0.404 e. The fourth-order valence-electron chi connectivity index (χ4n) is 0. The third kappa shape index (κ3) is 30.2. The van der Waals surface area contributed by atoms with Gasteiger partial charge in [0.25, 0.3) is 0 Å². The first-order valence-electron chi connectivity index (χ1n) is 2.11. The second-order valence-corrected chi connectivity index (χ2v) is 0.523. The minimum atomic E-state index is -0.745. The molecular formula is C3H11NO2Si. The van der Waals surface area contributed by atoms with Crippen molar-refractivity contribution >= 4 is 16.3 Å². The third-order valence-electron chi connectivity index (χ3n) is 0.201. The number of hydrogen-bond acceptors (Lipinski definition) is 2. The standard InChI is InChI=1S/C2H5NO2.CH6Si/c1-5-2(3)4;1-2/h1H3,(H2,3,4);1-2H3. The van der Waals surface area contributed by atoms with Gasteiger partial charge in [-0.1, -0.05) is 6.55 Å². The van der Waals surface area contributed by atoms with Crippen LogP contribution in [0.1, 0.15) is 0 Å². The Balaban J connectivity index is 0. The molecule has 0 spiro atoms. The van der Waals surface area contributed by atoms with E-state index in [1.165, 1.54) is 17.4 Å². The number of rotatable bonds is 0. The second-order valence-electron chi connectivity index (χ2n) is 0.523. The van der Waals surface area contributed by atoms with Gasteiger partial charge in [0.15, 0.2) is 0 Å². The normalized spacial score (nSPS) is 6.00. The number of carbonyl (C=O) groups excluding carboxylic acids is 1. The molecule has 0 saturated heterocycles. The molecule has 0 aliphatic heterocycles. The molecule has 0 aromatic carbocycles. The van der Waals surface area contributed by atoms with Gasteiger partial charge in [-0.05, 0) is 10.2 Å². The van der Waals surface area contributed by atoms with Gasteiger partial charge in [-0.2, -0.15) is 0 Å². The summed E-state index contributed by atoms with van der Waals surface area (Å²) in [5.74, 6) is 0. The Labute approximate surface area is 46.3 Å². The lowest BCUT2D eigenvalue weighted by atomic mass is 11.3. The van der Waals surface area contributed by atoms with E-state index in [4.69, 9.17) is 0 Å². The molecule has 44 valence electrons. The van der Waals surface area contributed by atoms with E-state index in [-0.39, 0.29) is 0 Å². The minimum absolute atomic E-state index is 0.745. The van der Waals surface area contributed by atoms with Gasteiger partial charge in [-0.25, -0.2) is 4.79 Å². The summed E-state index contributed by atoms with van der Waals surface area (Å²) in [5.41, 5.74) is 4.43. The van der Waals surface area contributed by atoms with Crippen molar-refractivity contribution in [2.24, 2.45) is 5.73 Å². The average molecular weight is 121 g/mol. The van der Waals surface area contributed by atoms with Crippen LogP contribution >= 0.6 is 0 Å². The largest absolute Gasteiger partial charge is 0.453 e. The fraction of sp³-hybridized carbons (Fsp3) is 0.667. The summed E-state index contributed by atoms with van der Waals surface area (Å²) < 4.78 is 3.89. The van der Waals surface area contributed by atoms with E-state index in [2.05, 4.69) is 17.0 Å². The molecule has 0 aliphatic carbocycles. The van der Waals surface area contributed by atoms with E-state index in [9.17, 15) is 4.79 Å². The summed E-state index contributed by atoms with van der Waals surface area (Å²) in [5, 5.41) is 0. The van der Waals surface area contributed by atoms with Gasteiger partial charge in [0, 0.05) is 0 Å². The Morgan fingerprint density at radius 2 is 1.86 bits per heavy atom. The number of methoxy groups -OCH3 is 1. The number of hydrogen-bond donors (Lipinski definition) is 1. The molecule has 0 bridgehead atoms. The molecule has 3 nitrogen and oxygen atoms in total. The zero-order valence-electron chi connectivity index (χ0n) is 4.89. The highest BCUT2D eigenvalue weighted by Crippen LogP contribution is 1.55. The number of nitrogens with two attached hydrogens (primary N) is 1. The second kappa shape index (κ2) is 9.09. The molecule has 7 heavy (non-hydrogen) atoms. The maximum Gasteiger partial charge on any atom is 0.404 e. The van der Waals surface area contributed by atoms with Gasteiger partial charge in [0.1, 0.15) is 0 Å². The van der Waals surface area contributed by atoms with Crippen LogP contribution in [0.15, 0.2) is 0 Å². The fourth-order valence-corrected chi connectivity index (χ4v) is 0. The van der Waals surface area contributed by atoms with Crippen molar-refractivity contribution < 1.29 is 9.53 Å². The minimum Gasteiger partial charge on any atom is -0.453 e. The first-order chi connectivity index (χ1) is 3.27. The van der Waals surface area contributed by atoms with Gasteiger partial charge in [0.2, 0.25) is 0 Å². The van der Waals surface area contributed by atoms with Crippen molar-refractivity contribution in [2.75, 3.05) is 7.11 Å². The molecule has 0 atom stereocenters. The lowest BCUT2D eigenvalue weighted by Crippen LogP contribution is -2.08. The molecule has 0 aromatic rings. The Morgan fingerprint density at radius 1 is 1.71 bits per heavy atom. The molecule has 4 heteroatoms. The highest BCUT2D eigenvalue weighted by molar-refractivity contribution is 6.05. The summed E-state index contributed by atoms with van der Waals surface area (Å²) in [6.07, 6.45) is -0.745. The van der Waals surface area contributed by atoms with Crippen LogP contribution in [0.4, 0.5) is 4.79 Å². The van der Waals surface area contributed by atoms with Crippen LogP contribution in [0.3, 0.4) is 0 Å². The topological polar surface area (TPSA) is 52.3 Å². The van der Waals surface area contributed by atoms with Crippen molar-refractivity contribution in [3.05, 3.63) is 0 Å². The van der Waals surface area contributed by atoms with E-state index < -0.39 is 6.09 Å². The van der Waals surface area contributed by atoms with Gasteiger partial charge >= 0.3 is 6.09 Å². The van der Waals surface area contributed by atoms with Crippen LogP contribution in [-0.2, 0) is 4.74 Å². The Bertz CT molecular complexity index is 48.2. The van der Waals surface area contributed by atoms with Crippen molar-refractivity contribution in [1.82, 2.24) is 0 Å². The zero-order chi connectivity index (χ0) is 6.28. The molecule has 2 N–H and O–H groups in total. The predicted molar refractivity (Wildman–Crippen MR) is 32.4 cm³/mol. The van der Waals surface area contributed by atoms with Crippen LogP contribution in [0.25, 0.3) is 0 Å². The van der Waals surface area contributed by atoms with Crippen LogP contribution in [0.2, 0.25) is 6.55 Å². The van der Waals surface area contributed by atoms with E-state index >= 15 is 0 Å². The molecule has 0 aliphatic rings. The van der Waals surface area contributed by atoms with Crippen LogP contribution < -0.4 is 5.73 Å². The third-order valence-corrected chi connectivity index (χ3v) is 0.201. The lowest BCUT2D eigenvalue weighted by molar-refractivity contribution is 0.182. The zero-order valence-corrected chi connectivity index (χ0v) is 6.89.